The third-order valence-electron chi connectivity index (χ3n) is 5.61. The zero-order valence-corrected chi connectivity index (χ0v) is 16.4. The largest absolute Gasteiger partial charge is 0.356 e. The number of carbonyl (C=O) groups is 1. The van der Waals surface area contributed by atoms with Crippen LogP contribution in [0.4, 0.5) is 9.52 Å². The van der Waals surface area contributed by atoms with Crippen LogP contribution >= 0.6 is 11.3 Å². The normalized spacial score (nSPS) is 18.6. The monoisotopic (exact) mass is 387 g/mol. The molecule has 1 saturated heterocycles. The van der Waals surface area contributed by atoms with Gasteiger partial charge in [-0.2, -0.15) is 0 Å². The molecule has 0 saturated carbocycles. The smallest absolute Gasteiger partial charge is 0.223 e. The highest BCUT2D eigenvalue weighted by atomic mass is 32.1. The van der Waals surface area contributed by atoms with Crippen molar-refractivity contribution in [3.63, 3.8) is 0 Å². The zero-order chi connectivity index (χ0) is 18.6. The molecule has 1 aromatic carbocycles. The Labute approximate surface area is 163 Å². The predicted molar refractivity (Wildman–Crippen MR) is 109 cm³/mol. The van der Waals surface area contributed by atoms with Crippen molar-refractivity contribution >= 4 is 32.6 Å². The fraction of sp³-hybridized carbons (Fsp3) is 0.524. The molecule has 2 heterocycles. The average Bonchev–Trinajstić information content (AvgIpc) is 3.12. The maximum absolute atomic E-state index is 13.4. The van der Waals surface area contributed by atoms with Gasteiger partial charge in [0.25, 0.3) is 0 Å². The van der Waals surface area contributed by atoms with Crippen LogP contribution in [0.25, 0.3) is 10.2 Å². The second kappa shape index (κ2) is 8.38. The van der Waals surface area contributed by atoms with Gasteiger partial charge in [-0.15, -0.1) is 0 Å². The molecular formula is C21H26FN3OS. The van der Waals surface area contributed by atoms with Gasteiger partial charge in [0.15, 0.2) is 5.13 Å². The number of benzene rings is 1. The first-order valence-corrected chi connectivity index (χ1v) is 10.8. The molecule has 0 radical (unpaired) electrons. The van der Waals surface area contributed by atoms with Gasteiger partial charge in [0.05, 0.1) is 10.2 Å². The van der Waals surface area contributed by atoms with Crippen LogP contribution in [-0.4, -0.2) is 30.5 Å². The summed E-state index contributed by atoms with van der Waals surface area (Å²) < 4.78 is 14.2. The van der Waals surface area contributed by atoms with Crippen LogP contribution in [0.5, 0.6) is 0 Å². The predicted octanol–water partition coefficient (Wildman–Crippen LogP) is 4.66. The first kappa shape index (κ1) is 18.4. The molecular weight excluding hydrogens is 361 g/mol. The number of amides is 1. The Hall–Kier alpha value is -1.95. The molecule has 4 rings (SSSR count). The summed E-state index contributed by atoms with van der Waals surface area (Å²) in [5.41, 5.74) is 2.34. The van der Waals surface area contributed by atoms with E-state index in [9.17, 15) is 9.18 Å². The molecule has 1 fully saturated rings. The fourth-order valence-corrected chi connectivity index (χ4v) is 5.02. The number of allylic oxidation sites excluding steroid dienone is 1. The SMILES string of the molecule is O=C(NCCC1=CCCCC1)C1CCN(c2nc3ccc(F)cc3s2)CC1. The van der Waals surface area contributed by atoms with Gasteiger partial charge in [0, 0.05) is 25.6 Å². The minimum Gasteiger partial charge on any atom is -0.356 e. The zero-order valence-electron chi connectivity index (χ0n) is 15.5. The Kier molecular flexibility index (Phi) is 5.72. The van der Waals surface area contributed by atoms with E-state index in [0.717, 1.165) is 54.2 Å². The number of carbonyl (C=O) groups excluding carboxylic acids is 1. The molecule has 0 atom stereocenters. The van der Waals surface area contributed by atoms with Gasteiger partial charge in [-0.1, -0.05) is 23.0 Å². The van der Waals surface area contributed by atoms with Gasteiger partial charge >= 0.3 is 0 Å². The maximum atomic E-state index is 13.4. The quantitative estimate of drug-likeness (QED) is 0.759. The van der Waals surface area contributed by atoms with E-state index < -0.39 is 0 Å². The van der Waals surface area contributed by atoms with E-state index in [4.69, 9.17) is 0 Å². The summed E-state index contributed by atoms with van der Waals surface area (Å²) in [7, 11) is 0. The van der Waals surface area contributed by atoms with Crippen molar-refractivity contribution < 1.29 is 9.18 Å². The van der Waals surface area contributed by atoms with Crippen molar-refractivity contribution in [1.29, 1.82) is 0 Å². The Morgan fingerprint density at radius 3 is 2.93 bits per heavy atom. The van der Waals surface area contributed by atoms with E-state index in [0.29, 0.717) is 0 Å². The summed E-state index contributed by atoms with van der Waals surface area (Å²) in [5.74, 6) is 0.0582. The number of hydrogen-bond donors (Lipinski definition) is 1. The number of nitrogens with one attached hydrogen (secondary N) is 1. The summed E-state index contributed by atoms with van der Waals surface area (Å²) in [5, 5.41) is 4.06. The van der Waals surface area contributed by atoms with Crippen LogP contribution in [0.15, 0.2) is 29.8 Å². The van der Waals surface area contributed by atoms with E-state index >= 15 is 0 Å². The van der Waals surface area contributed by atoms with E-state index in [-0.39, 0.29) is 17.6 Å². The van der Waals surface area contributed by atoms with Crippen molar-refractivity contribution in [1.82, 2.24) is 10.3 Å². The van der Waals surface area contributed by atoms with E-state index in [2.05, 4.69) is 21.3 Å². The molecule has 0 spiro atoms. The van der Waals surface area contributed by atoms with Crippen LogP contribution in [-0.2, 0) is 4.79 Å². The summed E-state index contributed by atoms with van der Waals surface area (Å²) >= 11 is 1.53. The van der Waals surface area contributed by atoms with Gasteiger partial charge in [0.1, 0.15) is 5.82 Å². The molecule has 2 aliphatic rings. The lowest BCUT2D eigenvalue weighted by molar-refractivity contribution is -0.125. The highest BCUT2D eigenvalue weighted by molar-refractivity contribution is 7.22. The van der Waals surface area contributed by atoms with E-state index in [1.54, 1.807) is 12.1 Å². The number of nitrogens with zero attached hydrogens (tertiary/aromatic N) is 2. The van der Waals surface area contributed by atoms with E-state index in [1.807, 2.05) is 0 Å². The Bertz CT molecular complexity index is 839. The highest BCUT2D eigenvalue weighted by Gasteiger charge is 2.26. The van der Waals surface area contributed by atoms with Crippen molar-refractivity contribution in [2.75, 3.05) is 24.5 Å². The summed E-state index contributed by atoms with van der Waals surface area (Å²) in [4.78, 5) is 19.3. The first-order valence-electron chi connectivity index (χ1n) is 9.96. The van der Waals surface area contributed by atoms with Crippen molar-refractivity contribution in [3.8, 4) is 0 Å². The minimum absolute atomic E-state index is 0.0911. The van der Waals surface area contributed by atoms with Gasteiger partial charge < -0.3 is 10.2 Å². The van der Waals surface area contributed by atoms with Crippen molar-refractivity contribution in [2.24, 2.45) is 5.92 Å². The molecule has 144 valence electrons. The lowest BCUT2D eigenvalue weighted by atomic mass is 9.95. The number of rotatable bonds is 5. The van der Waals surface area contributed by atoms with Gasteiger partial charge in [-0.25, -0.2) is 9.37 Å². The molecule has 0 bridgehead atoms. The van der Waals surface area contributed by atoms with Crippen LogP contribution in [0.1, 0.15) is 44.9 Å². The lowest BCUT2D eigenvalue weighted by Gasteiger charge is -2.31. The van der Waals surface area contributed by atoms with Crippen LogP contribution in [0.2, 0.25) is 0 Å². The first-order chi connectivity index (χ1) is 13.2. The minimum atomic E-state index is -0.225. The molecule has 6 heteroatoms. The number of aromatic nitrogens is 1. The molecule has 1 N–H and O–H groups in total. The maximum Gasteiger partial charge on any atom is 0.223 e. The topological polar surface area (TPSA) is 45.2 Å². The Morgan fingerprint density at radius 2 is 2.15 bits per heavy atom. The molecule has 1 aromatic heterocycles. The number of fused-ring (bicyclic) bond motifs is 1. The molecule has 2 aromatic rings. The lowest BCUT2D eigenvalue weighted by Crippen LogP contribution is -2.40. The van der Waals surface area contributed by atoms with Crippen molar-refractivity contribution in [2.45, 2.75) is 44.9 Å². The summed E-state index contributed by atoms with van der Waals surface area (Å²) in [6.07, 6.45) is 10.0. The Morgan fingerprint density at radius 1 is 1.30 bits per heavy atom. The second-order valence-electron chi connectivity index (χ2n) is 7.52. The van der Waals surface area contributed by atoms with Crippen LogP contribution < -0.4 is 10.2 Å². The molecule has 1 aliphatic carbocycles. The van der Waals surface area contributed by atoms with Crippen molar-refractivity contribution in [3.05, 3.63) is 35.7 Å². The van der Waals surface area contributed by atoms with Gasteiger partial charge in [0.2, 0.25) is 5.91 Å². The van der Waals surface area contributed by atoms with Gasteiger partial charge in [-0.05, 0) is 63.1 Å². The molecule has 0 unspecified atom stereocenters. The third kappa shape index (κ3) is 4.49. The Balaban J connectivity index is 1.26. The number of hydrogen-bond acceptors (Lipinski definition) is 4. The van der Waals surface area contributed by atoms with Gasteiger partial charge in [-0.3, -0.25) is 4.79 Å². The molecule has 1 aliphatic heterocycles. The standard InChI is InChI=1S/C21H26FN3OS/c22-17-6-7-18-19(14-17)27-21(24-18)25-12-9-16(10-13-25)20(26)23-11-8-15-4-2-1-3-5-15/h4,6-7,14,16H,1-3,5,8-13H2,(H,23,26). The molecule has 1 amide bonds. The molecule has 4 nitrogen and oxygen atoms in total. The number of halogens is 1. The summed E-state index contributed by atoms with van der Waals surface area (Å²) in [6, 6.07) is 4.72. The van der Waals surface area contributed by atoms with E-state index in [1.165, 1.54) is 48.7 Å². The second-order valence-corrected chi connectivity index (χ2v) is 8.53. The van der Waals surface area contributed by atoms with Crippen LogP contribution in [0.3, 0.4) is 0 Å². The highest BCUT2D eigenvalue weighted by Crippen LogP contribution is 2.32. The molecule has 27 heavy (non-hydrogen) atoms. The third-order valence-corrected chi connectivity index (χ3v) is 6.68. The number of thiazole rings is 1. The van der Waals surface area contributed by atoms with Crippen LogP contribution in [0, 0.1) is 11.7 Å². The number of piperidine rings is 1. The average molecular weight is 388 g/mol. The fourth-order valence-electron chi connectivity index (χ4n) is 3.98. The summed E-state index contributed by atoms with van der Waals surface area (Å²) in [6.45, 7) is 2.41. The number of anilines is 1.